The van der Waals surface area contributed by atoms with Crippen LogP contribution in [-0.4, -0.2) is 22.5 Å². The van der Waals surface area contributed by atoms with Gasteiger partial charge in [-0.3, -0.25) is 9.69 Å². The molecule has 0 spiro atoms. The summed E-state index contributed by atoms with van der Waals surface area (Å²) in [5.74, 6) is 0.492. The summed E-state index contributed by atoms with van der Waals surface area (Å²) in [6.45, 7) is 4.02. The van der Waals surface area contributed by atoms with Gasteiger partial charge in [0, 0.05) is 25.5 Å². The van der Waals surface area contributed by atoms with Gasteiger partial charge in [-0.25, -0.2) is 4.98 Å². The van der Waals surface area contributed by atoms with Crippen LogP contribution in [0.15, 0.2) is 36.7 Å². The summed E-state index contributed by atoms with van der Waals surface area (Å²) in [6.07, 6.45) is 3.44. The lowest BCUT2D eigenvalue weighted by Gasteiger charge is -2.18. The van der Waals surface area contributed by atoms with Crippen molar-refractivity contribution in [3.05, 3.63) is 42.4 Å². The lowest BCUT2D eigenvalue weighted by molar-refractivity contribution is 0.0982. The van der Waals surface area contributed by atoms with Crippen molar-refractivity contribution in [2.45, 2.75) is 19.9 Å². The zero-order valence-corrected chi connectivity index (χ0v) is 11.4. The first kappa shape index (κ1) is 13.1. The van der Waals surface area contributed by atoms with Crippen LogP contribution in [0.3, 0.4) is 0 Å². The maximum atomic E-state index is 12.5. The highest BCUT2D eigenvalue weighted by atomic mass is 16.2. The van der Waals surface area contributed by atoms with Gasteiger partial charge in [0.2, 0.25) is 0 Å². The van der Waals surface area contributed by atoms with Crippen molar-refractivity contribution in [1.29, 1.82) is 0 Å². The monoisotopic (exact) mass is 258 g/mol. The SMILES string of the molecule is CC(C)n1cc(N)cc1C(=O)N(C)c1ccccn1. The number of pyridine rings is 1. The van der Waals surface area contributed by atoms with Crippen molar-refractivity contribution < 1.29 is 4.79 Å². The van der Waals surface area contributed by atoms with E-state index in [0.717, 1.165) is 0 Å². The molecule has 0 aliphatic heterocycles. The normalized spacial score (nSPS) is 10.7. The fourth-order valence-corrected chi connectivity index (χ4v) is 1.93. The van der Waals surface area contributed by atoms with Crippen molar-refractivity contribution in [2.24, 2.45) is 0 Å². The molecule has 2 N–H and O–H groups in total. The molecule has 1 amide bonds. The Morgan fingerprint density at radius 2 is 2.16 bits per heavy atom. The van der Waals surface area contributed by atoms with Crippen LogP contribution in [0.25, 0.3) is 0 Å². The number of hydrogen-bond acceptors (Lipinski definition) is 3. The molecule has 0 saturated carbocycles. The molecule has 0 aliphatic rings. The maximum absolute atomic E-state index is 12.5. The van der Waals surface area contributed by atoms with Crippen LogP contribution >= 0.6 is 0 Å². The standard InChI is InChI=1S/C14H18N4O/c1-10(2)18-9-11(15)8-12(18)14(19)17(3)13-6-4-5-7-16-13/h4-10H,15H2,1-3H3. The number of anilines is 2. The second-order valence-electron chi connectivity index (χ2n) is 4.71. The van der Waals surface area contributed by atoms with Crippen LogP contribution in [0, 0.1) is 0 Å². The van der Waals surface area contributed by atoms with E-state index in [-0.39, 0.29) is 11.9 Å². The van der Waals surface area contributed by atoms with Gasteiger partial charge in [-0.15, -0.1) is 0 Å². The molecule has 2 rings (SSSR count). The van der Waals surface area contributed by atoms with Crippen LogP contribution < -0.4 is 10.6 Å². The molecule has 0 aliphatic carbocycles. The van der Waals surface area contributed by atoms with Gasteiger partial charge < -0.3 is 10.3 Å². The van der Waals surface area contributed by atoms with Gasteiger partial charge in [0.05, 0.1) is 5.69 Å². The van der Waals surface area contributed by atoms with Crippen LogP contribution in [0.1, 0.15) is 30.4 Å². The van der Waals surface area contributed by atoms with E-state index in [0.29, 0.717) is 17.2 Å². The van der Waals surface area contributed by atoms with Crippen molar-refractivity contribution in [3.63, 3.8) is 0 Å². The van der Waals surface area contributed by atoms with E-state index < -0.39 is 0 Å². The number of nitrogens with two attached hydrogens (primary N) is 1. The third-order valence-electron chi connectivity index (χ3n) is 2.94. The quantitative estimate of drug-likeness (QED) is 0.919. The number of amides is 1. The molecule has 0 atom stereocenters. The van der Waals surface area contributed by atoms with Gasteiger partial charge in [0.25, 0.3) is 5.91 Å². The molecular weight excluding hydrogens is 240 g/mol. The van der Waals surface area contributed by atoms with E-state index in [4.69, 9.17) is 5.73 Å². The smallest absolute Gasteiger partial charge is 0.275 e. The predicted octanol–water partition coefficient (Wildman–Crippen LogP) is 2.32. The van der Waals surface area contributed by atoms with E-state index in [2.05, 4.69) is 4.98 Å². The van der Waals surface area contributed by atoms with Crippen LogP contribution in [0.2, 0.25) is 0 Å². The van der Waals surface area contributed by atoms with Crippen molar-refractivity contribution >= 4 is 17.4 Å². The largest absolute Gasteiger partial charge is 0.397 e. The zero-order valence-electron chi connectivity index (χ0n) is 11.4. The Morgan fingerprint density at radius 1 is 1.42 bits per heavy atom. The first-order valence-electron chi connectivity index (χ1n) is 6.17. The molecule has 0 fully saturated rings. The van der Waals surface area contributed by atoms with Crippen LogP contribution in [0.5, 0.6) is 0 Å². The Morgan fingerprint density at radius 3 is 2.74 bits per heavy atom. The summed E-state index contributed by atoms with van der Waals surface area (Å²) >= 11 is 0. The Kier molecular flexibility index (Phi) is 3.55. The van der Waals surface area contributed by atoms with Gasteiger partial charge in [0.1, 0.15) is 11.5 Å². The highest BCUT2D eigenvalue weighted by Crippen LogP contribution is 2.19. The average molecular weight is 258 g/mol. The number of nitrogen functional groups attached to an aromatic ring is 1. The van der Waals surface area contributed by atoms with E-state index >= 15 is 0 Å². The second kappa shape index (κ2) is 5.14. The third-order valence-corrected chi connectivity index (χ3v) is 2.94. The predicted molar refractivity (Wildman–Crippen MR) is 76.2 cm³/mol. The topological polar surface area (TPSA) is 64.2 Å². The summed E-state index contributed by atoms with van der Waals surface area (Å²) in [6, 6.07) is 7.33. The number of hydrogen-bond donors (Lipinski definition) is 1. The summed E-state index contributed by atoms with van der Waals surface area (Å²) in [5.41, 5.74) is 6.95. The first-order valence-corrected chi connectivity index (χ1v) is 6.17. The molecule has 19 heavy (non-hydrogen) atoms. The molecule has 2 heterocycles. The van der Waals surface area contributed by atoms with Gasteiger partial charge in [0.15, 0.2) is 0 Å². The molecule has 0 aromatic carbocycles. The number of rotatable bonds is 3. The minimum atomic E-state index is -0.121. The Bertz CT molecular complexity index is 574. The lowest BCUT2D eigenvalue weighted by atomic mass is 10.3. The molecule has 5 nitrogen and oxygen atoms in total. The van der Waals surface area contributed by atoms with Gasteiger partial charge in [-0.2, -0.15) is 0 Å². The van der Waals surface area contributed by atoms with E-state index in [1.165, 1.54) is 4.90 Å². The second-order valence-corrected chi connectivity index (χ2v) is 4.71. The van der Waals surface area contributed by atoms with Gasteiger partial charge >= 0.3 is 0 Å². The molecule has 0 saturated heterocycles. The minimum Gasteiger partial charge on any atom is -0.397 e. The number of carbonyl (C=O) groups is 1. The number of carbonyl (C=O) groups excluding carboxylic acids is 1. The fourth-order valence-electron chi connectivity index (χ4n) is 1.93. The molecule has 5 heteroatoms. The van der Waals surface area contributed by atoms with E-state index in [1.54, 1.807) is 31.6 Å². The maximum Gasteiger partial charge on any atom is 0.275 e. The lowest BCUT2D eigenvalue weighted by Crippen LogP contribution is -2.29. The molecule has 0 unspecified atom stereocenters. The summed E-state index contributed by atoms with van der Waals surface area (Å²) < 4.78 is 1.87. The van der Waals surface area contributed by atoms with Gasteiger partial charge in [-0.1, -0.05) is 6.07 Å². The van der Waals surface area contributed by atoms with Crippen LogP contribution in [-0.2, 0) is 0 Å². The number of nitrogens with zero attached hydrogens (tertiary/aromatic N) is 3. The van der Waals surface area contributed by atoms with Crippen molar-refractivity contribution in [2.75, 3.05) is 17.7 Å². The zero-order chi connectivity index (χ0) is 14.0. The fraction of sp³-hybridized carbons (Fsp3) is 0.286. The minimum absolute atomic E-state index is 0.121. The van der Waals surface area contributed by atoms with Crippen molar-refractivity contribution in [1.82, 2.24) is 9.55 Å². The first-order chi connectivity index (χ1) is 9.00. The molecule has 2 aromatic heterocycles. The molecule has 0 bridgehead atoms. The molecule has 0 radical (unpaired) electrons. The van der Waals surface area contributed by atoms with E-state index in [9.17, 15) is 4.79 Å². The Hall–Kier alpha value is -2.30. The van der Waals surface area contributed by atoms with Gasteiger partial charge in [-0.05, 0) is 32.0 Å². The molecular formula is C14H18N4O. The van der Waals surface area contributed by atoms with Crippen LogP contribution in [0.4, 0.5) is 11.5 Å². The molecule has 2 aromatic rings. The van der Waals surface area contributed by atoms with Crippen molar-refractivity contribution in [3.8, 4) is 0 Å². The third kappa shape index (κ3) is 2.59. The average Bonchev–Trinajstić information content (AvgIpc) is 2.80. The summed E-state index contributed by atoms with van der Waals surface area (Å²) in [5, 5.41) is 0. The highest BCUT2D eigenvalue weighted by Gasteiger charge is 2.20. The highest BCUT2D eigenvalue weighted by molar-refractivity contribution is 6.04. The van der Waals surface area contributed by atoms with E-state index in [1.807, 2.05) is 30.5 Å². The Balaban J connectivity index is 2.34. The molecule has 100 valence electrons. The number of aromatic nitrogens is 2. The summed E-state index contributed by atoms with van der Waals surface area (Å²) in [4.78, 5) is 18.2. The Labute approximate surface area is 112 Å². The summed E-state index contributed by atoms with van der Waals surface area (Å²) in [7, 11) is 1.71.